The Kier molecular flexibility index (Phi) is 5.07. The Bertz CT molecular complexity index is 2050. The van der Waals surface area contributed by atoms with Gasteiger partial charge in [-0.1, -0.05) is 78.9 Å². The lowest BCUT2D eigenvalue weighted by Gasteiger charge is -2.39. The minimum atomic E-state index is -0.975. The summed E-state index contributed by atoms with van der Waals surface area (Å²) in [5.74, 6) is -2.46. The standard InChI is InChI=1S/C39H24F4N/c40-24-17-32-36(34(42)19-24)27-11-2-5-14-30(27)38(32)22-26-10-7-8-16-44(26)39(21-23-9-1-4-13-29(23)38)31-15-6-3-12-28(31)37-33(39)18-25(41)20-35(37)43/h1-20H,21-22H2/q+1/t38-,39-/m0/s1. The molecule has 0 fully saturated rings. The van der Waals surface area contributed by atoms with Crippen LogP contribution in [0, 0.1) is 23.3 Å². The molecule has 1 nitrogen and oxygen atoms in total. The second-order valence-electron chi connectivity index (χ2n) is 12.0. The Morgan fingerprint density at radius 3 is 1.82 bits per heavy atom. The number of fused-ring (bicyclic) bond motifs is 14. The predicted molar refractivity (Wildman–Crippen MR) is 160 cm³/mol. The molecule has 5 heteroatoms. The van der Waals surface area contributed by atoms with E-state index < -0.39 is 34.2 Å². The van der Waals surface area contributed by atoms with Crippen molar-refractivity contribution in [3.63, 3.8) is 0 Å². The van der Waals surface area contributed by atoms with Gasteiger partial charge in [0.05, 0.1) is 11.8 Å². The van der Waals surface area contributed by atoms with Crippen LogP contribution < -0.4 is 4.57 Å². The number of halogens is 4. The highest BCUT2D eigenvalue weighted by atomic mass is 19.1. The van der Waals surface area contributed by atoms with Crippen LogP contribution in [0.2, 0.25) is 0 Å². The summed E-state index contributed by atoms with van der Waals surface area (Å²) < 4.78 is 64.0. The van der Waals surface area contributed by atoms with Gasteiger partial charge in [0.25, 0.3) is 0 Å². The second-order valence-corrected chi connectivity index (χ2v) is 12.0. The molecule has 5 aromatic carbocycles. The van der Waals surface area contributed by atoms with Gasteiger partial charge in [-0.25, -0.2) is 17.6 Å². The molecule has 0 bridgehead atoms. The molecule has 1 aliphatic heterocycles. The van der Waals surface area contributed by atoms with E-state index in [2.05, 4.69) is 4.57 Å². The third kappa shape index (κ3) is 3.06. The number of nitrogens with zero attached hydrogens (tertiary/aromatic N) is 1. The van der Waals surface area contributed by atoms with Crippen LogP contribution in [0.1, 0.15) is 39.1 Å². The minimum absolute atomic E-state index is 0.370. The molecule has 2 spiro atoms. The van der Waals surface area contributed by atoms with Gasteiger partial charge in [-0.3, -0.25) is 0 Å². The van der Waals surface area contributed by atoms with Crippen LogP contribution in [0.15, 0.2) is 121 Å². The quantitative estimate of drug-likeness (QED) is 0.125. The van der Waals surface area contributed by atoms with E-state index in [-0.39, 0.29) is 0 Å². The van der Waals surface area contributed by atoms with Crippen molar-refractivity contribution in [3.05, 3.63) is 184 Å². The van der Waals surface area contributed by atoms with Gasteiger partial charge in [0, 0.05) is 52.9 Å². The van der Waals surface area contributed by atoms with Gasteiger partial charge in [-0.15, -0.1) is 0 Å². The second kappa shape index (κ2) is 8.76. The maximum Gasteiger partial charge on any atom is 0.224 e. The van der Waals surface area contributed by atoms with Crippen LogP contribution in [-0.4, -0.2) is 0 Å². The van der Waals surface area contributed by atoms with E-state index in [1.807, 2.05) is 97.2 Å². The molecule has 9 rings (SSSR count). The number of benzene rings is 5. The van der Waals surface area contributed by atoms with Crippen molar-refractivity contribution in [2.24, 2.45) is 0 Å². The van der Waals surface area contributed by atoms with Gasteiger partial charge in [-0.2, -0.15) is 4.57 Å². The maximum atomic E-state index is 15.8. The minimum Gasteiger partial charge on any atom is -0.207 e. The summed E-state index contributed by atoms with van der Waals surface area (Å²) in [7, 11) is 0. The van der Waals surface area contributed by atoms with E-state index >= 15 is 17.6 Å². The summed E-state index contributed by atoms with van der Waals surface area (Å²) in [6, 6.07) is 34.2. The Labute approximate surface area is 251 Å². The van der Waals surface area contributed by atoms with Crippen LogP contribution in [0.3, 0.4) is 0 Å². The van der Waals surface area contributed by atoms with Crippen molar-refractivity contribution in [3.8, 4) is 22.3 Å². The summed E-state index contributed by atoms with van der Waals surface area (Å²) in [5.41, 5.74) is 6.07. The normalized spacial score (nSPS) is 20.3. The van der Waals surface area contributed by atoms with Gasteiger partial charge >= 0.3 is 0 Å². The van der Waals surface area contributed by atoms with Gasteiger partial charge in [0.2, 0.25) is 5.54 Å². The Balaban J connectivity index is 1.44. The molecule has 0 N–H and O–H groups in total. The zero-order valence-electron chi connectivity index (χ0n) is 23.4. The molecule has 3 aliphatic rings. The predicted octanol–water partition coefficient (Wildman–Crippen LogP) is 8.42. The fourth-order valence-electron chi connectivity index (χ4n) is 8.53. The van der Waals surface area contributed by atoms with E-state index in [0.717, 1.165) is 51.2 Å². The fourth-order valence-corrected chi connectivity index (χ4v) is 8.53. The van der Waals surface area contributed by atoms with Crippen molar-refractivity contribution in [1.82, 2.24) is 0 Å². The number of aromatic nitrogens is 1. The van der Waals surface area contributed by atoms with Crippen molar-refractivity contribution >= 4 is 0 Å². The summed E-state index contributed by atoms with van der Waals surface area (Å²) in [6.07, 6.45) is 2.71. The Morgan fingerprint density at radius 1 is 0.500 bits per heavy atom. The van der Waals surface area contributed by atoms with Crippen molar-refractivity contribution < 1.29 is 22.1 Å². The summed E-state index contributed by atoms with van der Waals surface area (Å²) in [5, 5.41) is 0. The molecular formula is C39H24F4N+. The zero-order valence-corrected chi connectivity index (χ0v) is 23.4. The molecule has 0 amide bonds. The molecule has 1 aromatic heterocycles. The largest absolute Gasteiger partial charge is 0.224 e. The highest BCUT2D eigenvalue weighted by Crippen LogP contribution is 2.58. The smallest absolute Gasteiger partial charge is 0.207 e. The van der Waals surface area contributed by atoms with E-state index in [1.165, 1.54) is 12.1 Å². The Morgan fingerprint density at radius 2 is 1.07 bits per heavy atom. The van der Waals surface area contributed by atoms with Crippen LogP contribution >= 0.6 is 0 Å². The van der Waals surface area contributed by atoms with Gasteiger partial charge in [0.1, 0.15) is 23.3 Å². The molecule has 2 atom stereocenters. The van der Waals surface area contributed by atoms with E-state index in [0.29, 0.717) is 35.1 Å². The van der Waals surface area contributed by atoms with Crippen LogP contribution in [0.25, 0.3) is 22.3 Å². The number of rotatable bonds is 0. The summed E-state index contributed by atoms with van der Waals surface area (Å²) in [6.45, 7) is 0. The molecule has 212 valence electrons. The fraction of sp³-hybridized carbons (Fsp3) is 0.103. The topological polar surface area (TPSA) is 3.88 Å². The van der Waals surface area contributed by atoms with Crippen molar-refractivity contribution in [2.45, 2.75) is 23.8 Å². The maximum absolute atomic E-state index is 15.8. The molecule has 44 heavy (non-hydrogen) atoms. The first kappa shape index (κ1) is 25.5. The molecule has 6 aromatic rings. The van der Waals surface area contributed by atoms with E-state index in [1.54, 1.807) is 0 Å². The molecule has 2 heterocycles. The molecule has 0 unspecified atom stereocenters. The highest BCUT2D eigenvalue weighted by Gasteiger charge is 2.58. The van der Waals surface area contributed by atoms with Crippen molar-refractivity contribution in [1.29, 1.82) is 0 Å². The summed E-state index contributed by atoms with van der Waals surface area (Å²) >= 11 is 0. The average molecular weight is 583 g/mol. The van der Waals surface area contributed by atoms with Crippen molar-refractivity contribution in [2.75, 3.05) is 0 Å². The van der Waals surface area contributed by atoms with Crippen LogP contribution in [0.4, 0.5) is 17.6 Å². The third-order valence-electron chi connectivity index (χ3n) is 10.0. The first-order chi connectivity index (χ1) is 21.4. The molecule has 2 aliphatic carbocycles. The monoisotopic (exact) mass is 582 g/mol. The number of hydrogen-bond donors (Lipinski definition) is 0. The van der Waals surface area contributed by atoms with Gasteiger partial charge in [0.15, 0.2) is 11.9 Å². The summed E-state index contributed by atoms with van der Waals surface area (Å²) in [4.78, 5) is 0. The number of pyridine rings is 1. The van der Waals surface area contributed by atoms with Crippen LogP contribution in [-0.2, 0) is 23.8 Å². The SMILES string of the molecule is Fc1cc(F)c2c(c1)[C@]1(Cc3cccc[n+]3[C@@]3(Cc4ccccc41)c1ccccc1-c1c(F)cc(F)cc13)c1ccccc1-2. The molecule has 0 radical (unpaired) electrons. The first-order valence-electron chi connectivity index (χ1n) is 14.7. The van der Waals surface area contributed by atoms with E-state index in [9.17, 15) is 0 Å². The lowest BCUT2D eigenvalue weighted by molar-refractivity contribution is -0.750. The lowest BCUT2D eigenvalue weighted by atomic mass is 9.65. The first-order valence-corrected chi connectivity index (χ1v) is 14.7. The molecule has 0 saturated heterocycles. The average Bonchev–Trinajstić information content (AvgIpc) is 3.45. The zero-order chi connectivity index (χ0) is 29.8. The van der Waals surface area contributed by atoms with Gasteiger partial charge < -0.3 is 0 Å². The lowest BCUT2D eigenvalue weighted by Crippen LogP contribution is -2.62. The van der Waals surface area contributed by atoms with Gasteiger partial charge in [-0.05, 0) is 45.5 Å². The van der Waals surface area contributed by atoms with E-state index in [4.69, 9.17) is 0 Å². The molecular weight excluding hydrogens is 558 g/mol. The van der Waals surface area contributed by atoms with Crippen LogP contribution in [0.5, 0.6) is 0 Å². The number of hydrogen-bond acceptors (Lipinski definition) is 0. The molecule has 0 saturated carbocycles. The Hall–Kier alpha value is -5.03. The third-order valence-corrected chi connectivity index (χ3v) is 10.0. The highest BCUT2D eigenvalue weighted by molar-refractivity contribution is 5.85.